The maximum absolute atomic E-state index is 11.8. The number of esters is 1. The summed E-state index contributed by atoms with van der Waals surface area (Å²) in [5.41, 5.74) is 2.05. The molecule has 6 heteroatoms. The molecule has 0 N–H and O–H groups in total. The highest BCUT2D eigenvalue weighted by Gasteiger charge is 2.23. The Morgan fingerprint density at radius 1 is 1.42 bits per heavy atom. The van der Waals surface area contributed by atoms with Gasteiger partial charge >= 0.3 is 5.97 Å². The summed E-state index contributed by atoms with van der Waals surface area (Å²) in [6.07, 6.45) is 0.102. The Morgan fingerprint density at radius 2 is 2.25 bits per heavy atom. The number of aromatic nitrogens is 1. The van der Waals surface area contributed by atoms with Crippen LogP contribution in [0.15, 0.2) is 36.4 Å². The van der Waals surface area contributed by atoms with Crippen LogP contribution in [0.2, 0.25) is 0 Å². The molecule has 1 aromatic heterocycles. The second-order valence-corrected chi connectivity index (χ2v) is 5.22. The van der Waals surface area contributed by atoms with E-state index in [1.54, 1.807) is 43.3 Å². The minimum absolute atomic E-state index is 0.102. The average Bonchev–Trinajstić information content (AvgIpc) is 3.44. The molecule has 1 saturated heterocycles. The van der Waals surface area contributed by atoms with Gasteiger partial charge in [0.1, 0.15) is 30.2 Å². The summed E-state index contributed by atoms with van der Waals surface area (Å²) in [6, 6.07) is 12.4. The molecule has 0 bridgehead atoms. The van der Waals surface area contributed by atoms with Crippen molar-refractivity contribution in [3.05, 3.63) is 47.7 Å². The van der Waals surface area contributed by atoms with Crippen LogP contribution in [0.4, 0.5) is 0 Å². The zero-order valence-electron chi connectivity index (χ0n) is 13.2. The molecule has 122 valence electrons. The van der Waals surface area contributed by atoms with Gasteiger partial charge in [0.2, 0.25) is 0 Å². The van der Waals surface area contributed by atoms with Crippen molar-refractivity contribution in [2.75, 3.05) is 19.8 Å². The van der Waals surface area contributed by atoms with E-state index in [2.05, 4.69) is 11.1 Å². The van der Waals surface area contributed by atoms with E-state index in [-0.39, 0.29) is 11.8 Å². The first-order chi connectivity index (χ1) is 11.7. The van der Waals surface area contributed by atoms with Gasteiger partial charge in [-0.3, -0.25) is 0 Å². The molecule has 0 spiro atoms. The Bertz CT molecular complexity index is 794. The number of nitriles is 1. The monoisotopic (exact) mass is 324 g/mol. The largest absolute Gasteiger partial charge is 0.489 e. The van der Waals surface area contributed by atoms with Crippen LogP contribution in [0.1, 0.15) is 23.0 Å². The number of carbonyl (C=O) groups is 1. The zero-order chi connectivity index (χ0) is 16.9. The van der Waals surface area contributed by atoms with Crippen LogP contribution in [-0.2, 0) is 9.47 Å². The molecule has 0 radical (unpaired) electrons. The van der Waals surface area contributed by atoms with Crippen molar-refractivity contribution >= 4 is 5.97 Å². The normalized spacial score (nSPS) is 15.4. The quantitative estimate of drug-likeness (QED) is 0.600. The summed E-state index contributed by atoms with van der Waals surface area (Å²) >= 11 is 0. The number of hydrogen-bond donors (Lipinski definition) is 0. The van der Waals surface area contributed by atoms with Crippen molar-refractivity contribution in [2.24, 2.45) is 0 Å². The number of hydrogen-bond acceptors (Lipinski definition) is 6. The lowest BCUT2D eigenvalue weighted by Gasteiger charge is -2.09. The Kier molecular flexibility index (Phi) is 4.73. The predicted molar refractivity (Wildman–Crippen MR) is 85.6 cm³/mol. The highest BCUT2D eigenvalue weighted by molar-refractivity contribution is 5.88. The molecule has 0 amide bonds. The standard InChI is InChI=1S/C18H16N2O4/c1-2-22-18(21)16-5-3-4-15(20-16)12-6-7-13(9-19)17(8-12)24-11-14-10-23-14/h3-8,14H,2,10-11H2,1H3. The number of rotatable bonds is 6. The van der Waals surface area contributed by atoms with E-state index in [9.17, 15) is 10.1 Å². The van der Waals surface area contributed by atoms with Gasteiger partial charge in [-0.2, -0.15) is 5.26 Å². The van der Waals surface area contributed by atoms with Crippen LogP contribution in [0.25, 0.3) is 11.3 Å². The molecule has 0 saturated carbocycles. The fraction of sp³-hybridized carbons (Fsp3) is 0.278. The Morgan fingerprint density at radius 3 is 2.96 bits per heavy atom. The average molecular weight is 324 g/mol. The Hall–Kier alpha value is -2.91. The first-order valence-electron chi connectivity index (χ1n) is 7.64. The fourth-order valence-corrected chi connectivity index (χ4v) is 2.15. The summed E-state index contributed by atoms with van der Waals surface area (Å²) in [6.45, 7) is 3.14. The fourth-order valence-electron chi connectivity index (χ4n) is 2.15. The lowest BCUT2D eigenvalue weighted by Crippen LogP contribution is -2.07. The third-order valence-corrected chi connectivity index (χ3v) is 3.46. The molecule has 1 aromatic carbocycles. The molecule has 1 atom stereocenters. The van der Waals surface area contributed by atoms with Gasteiger partial charge in [-0.05, 0) is 31.2 Å². The topological polar surface area (TPSA) is 84.7 Å². The van der Waals surface area contributed by atoms with E-state index >= 15 is 0 Å². The summed E-state index contributed by atoms with van der Waals surface area (Å²) in [5.74, 6) is 0.0178. The molecular weight excluding hydrogens is 308 g/mol. The Balaban J connectivity index is 1.88. The van der Waals surface area contributed by atoms with Gasteiger partial charge < -0.3 is 14.2 Å². The first-order valence-corrected chi connectivity index (χ1v) is 7.64. The second-order valence-electron chi connectivity index (χ2n) is 5.22. The number of benzene rings is 1. The van der Waals surface area contributed by atoms with Crippen molar-refractivity contribution < 1.29 is 19.0 Å². The van der Waals surface area contributed by atoms with Crippen molar-refractivity contribution in [3.63, 3.8) is 0 Å². The van der Waals surface area contributed by atoms with Crippen LogP contribution in [-0.4, -0.2) is 36.9 Å². The van der Waals surface area contributed by atoms with E-state index in [1.165, 1.54) is 0 Å². The zero-order valence-corrected chi connectivity index (χ0v) is 13.2. The lowest BCUT2D eigenvalue weighted by atomic mass is 10.1. The van der Waals surface area contributed by atoms with Crippen molar-refractivity contribution in [2.45, 2.75) is 13.0 Å². The minimum Gasteiger partial charge on any atom is -0.489 e. The molecule has 6 nitrogen and oxygen atoms in total. The van der Waals surface area contributed by atoms with Gasteiger partial charge in [0.15, 0.2) is 0 Å². The second kappa shape index (κ2) is 7.11. The van der Waals surface area contributed by atoms with Gasteiger partial charge in [0.05, 0.1) is 24.5 Å². The minimum atomic E-state index is -0.463. The van der Waals surface area contributed by atoms with E-state index < -0.39 is 5.97 Å². The molecule has 24 heavy (non-hydrogen) atoms. The number of nitrogens with zero attached hydrogens (tertiary/aromatic N) is 2. The van der Waals surface area contributed by atoms with Crippen molar-refractivity contribution in [1.82, 2.24) is 4.98 Å². The maximum atomic E-state index is 11.8. The molecule has 1 fully saturated rings. The van der Waals surface area contributed by atoms with E-state index in [4.69, 9.17) is 14.2 Å². The van der Waals surface area contributed by atoms with Gasteiger partial charge in [-0.25, -0.2) is 9.78 Å². The van der Waals surface area contributed by atoms with E-state index in [1.807, 2.05) is 0 Å². The SMILES string of the molecule is CCOC(=O)c1cccc(-c2ccc(C#N)c(OCC3CO3)c2)n1. The van der Waals surface area contributed by atoms with Crippen LogP contribution < -0.4 is 4.74 Å². The number of ether oxygens (including phenoxy) is 3. The molecular formula is C18H16N2O4. The Labute approximate surface area is 139 Å². The molecule has 2 aromatic rings. The summed E-state index contributed by atoms with van der Waals surface area (Å²) in [7, 11) is 0. The summed E-state index contributed by atoms with van der Waals surface area (Å²) in [5, 5.41) is 9.20. The summed E-state index contributed by atoms with van der Waals surface area (Å²) in [4.78, 5) is 16.1. The first kappa shape index (κ1) is 16.0. The van der Waals surface area contributed by atoms with Crippen LogP contribution in [0.3, 0.4) is 0 Å². The molecule has 1 unspecified atom stereocenters. The van der Waals surface area contributed by atoms with Gasteiger partial charge in [-0.1, -0.05) is 12.1 Å². The van der Waals surface area contributed by atoms with Gasteiger partial charge in [0.25, 0.3) is 0 Å². The molecule has 1 aliphatic heterocycles. The molecule has 1 aliphatic rings. The van der Waals surface area contributed by atoms with Crippen LogP contribution >= 0.6 is 0 Å². The highest BCUT2D eigenvalue weighted by Crippen LogP contribution is 2.27. The highest BCUT2D eigenvalue weighted by atomic mass is 16.6. The third kappa shape index (κ3) is 3.70. The number of pyridine rings is 1. The smallest absolute Gasteiger partial charge is 0.356 e. The number of epoxide rings is 1. The summed E-state index contributed by atoms with van der Waals surface area (Å²) < 4.78 is 15.7. The number of carbonyl (C=O) groups excluding carboxylic acids is 1. The van der Waals surface area contributed by atoms with Gasteiger partial charge in [0, 0.05) is 5.56 Å². The maximum Gasteiger partial charge on any atom is 0.356 e. The van der Waals surface area contributed by atoms with Crippen molar-refractivity contribution in [1.29, 1.82) is 5.26 Å². The van der Waals surface area contributed by atoms with Gasteiger partial charge in [-0.15, -0.1) is 0 Å². The van der Waals surface area contributed by atoms with Crippen molar-refractivity contribution in [3.8, 4) is 23.1 Å². The van der Waals surface area contributed by atoms with Crippen LogP contribution in [0.5, 0.6) is 5.75 Å². The molecule has 2 heterocycles. The third-order valence-electron chi connectivity index (χ3n) is 3.46. The molecule has 0 aliphatic carbocycles. The predicted octanol–water partition coefficient (Wildman–Crippen LogP) is 2.57. The van der Waals surface area contributed by atoms with E-state index in [0.29, 0.717) is 36.8 Å². The van der Waals surface area contributed by atoms with Crippen LogP contribution in [0, 0.1) is 11.3 Å². The lowest BCUT2D eigenvalue weighted by molar-refractivity contribution is 0.0519. The van der Waals surface area contributed by atoms with E-state index in [0.717, 1.165) is 5.56 Å². The molecule has 3 rings (SSSR count).